The van der Waals surface area contributed by atoms with E-state index in [4.69, 9.17) is 12.2 Å². The lowest BCUT2D eigenvalue weighted by Gasteiger charge is -2.32. The molecule has 0 amide bonds. The highest BCUT2D eigenvalue weighted by atomic mass is 32.1. The Labute approximate surface area is 144 Å². The van der Waals surface area contributed by atoms with Gasteiger partial charge in [-0.1, -0.05) is 38.5 Å². The van der Waals surface area contributed by atoms with Crippen molar-refractivity contribution in [1.29, 1.82) is 0 Å². The number of rotatable bonds is 4. The smallest absolute Gasteiger partial charge is 0.171 e. The Balaban J connectivity index is 2.05. The molecule has 0 aliphatic rings. The summed E-state index contributed by atoms with van der Waals surface area (Å²) in [6, 6.07) is 8.41. The van der Waals surface area contributed by atoms with Gasteiger partial charge in [-0.05, 0) is 49.2 Å². The molecule has 0 bridgehead atoms. The molecule has 4 nitrogen and oxygen atoms in total. The van der Waals surface area contributed by atoms with Gasteiger partial charge in [0.05, 0.1) is 12.6 Å². The third kappa shape index (κ3) is 5.06. The molecule has 1 heterocycles. The second kappa shape index (κ2) is 7.13. The van der Waals surface area contributed by atoms with E-state index in [9.17, 15) is 0 Å². The van der Waals surface area contributed by atoms with Crippen LogP contribution in [0.1, 0.15) is 31.9 Å². The monoisotopic (exact) mass is 330 g/mol. The van der Waals surface area contributed by atoms with Crippen LogP contribution in [-0.4, -0.2) is 20.9 Å². The fourth-order valence-electron chi connectivity index (χ4n) is 2.40. The standard InChI is InChI=1S/C18H26N4S/c1-13-7-8-15(14(2)11-13)20-17(23)21-16(18(3,4)5)12-22-10-6-9-19-22/h6-11,16H,12H2,1-5H3,(H2,20,21,23). The van der Waals surface area contributed by atoms with Crippen molar-refractivity contribution in [2.75, 3.05) is 5.32 Å². The Hall–Kier alpha value is -1.88. The summed E-state index contributed by atoms with van der Waals surface area (Å²) in [5.74, 6) is 0. The van der Waals surface area contributed by atoms with Crippen LogP contribution in [0.5, 0.6) is 0 Å². The summed E-state index contributed by atoms with van der Waals surface area (Å²) >= 11 is 5.52. The highest BCUT2D eigenvalue weighted by molar-refractivity contribution is 7.80. The lowest BCUT2D eigenvalue weighted by atomic mass is 9.87. The predicted molar refractivity (Wildman–Crippen MR) is 101 cm³/mol. The van der Waals surface area contributed by atoms with E-state index in [1.807, 2.05) is 16.9 Å². The van der Waals surface area contributed by atoms with Gasteiger partial charge < -0.3 is 10.6 Å². The minimum atomic E-state index is 0.0556. The first-order valence-corrected chi connectivity index (χ1v) is 8.29. The van der Waals surface area contributed by atoms with Gasteiger partial charge in [0.2, 0.25) is 0 Å². The molecular weight excluding hydrogens is 304 g/mol. The highest BCUT2D eigenvalue weighted by Crippen LogP contribution is 2.21. The van der Waals surface area contributed by atoms with Crippen LogP contribution in [0.25, 0.3) is 0 Å². The summed E-state index contributed by atoms with van der Waals surface area (Å²) in [7, 11) is 0. The fourth-order valence-corrected chi connectivity index (χ4v) is 2.65. The van der Waals surface area contributed by atoms with E-state index in [0.717, 1.165) is 12.2 Å². The third-order valence-electron chi connectivity index (χ3n) is 3.91. The van der Waals surface area contributed by atoms with Crippen molar-refractivity contribution in [3.05, 3.63) is 47.8 Å². The second-order valence-electron chi connectivity index (χ2n) is 7.06. The lowest BCUT2D eigenvalue weighted by Crippen LogP contribution is -2.48. The molecule has 1 unspecified atom stereocenters. The molecule has 2 N–H and O–H groups in total. The van der Waals surface area contributed by atoms with E-state index in [2.05, 4.69) is 68.6 Å². The normalized spacial score (nSPS) is 12.7. The Morgan fingerprint density at radius 3 is 2.61 bits per heavy atom. The van der Waals surface area contributed by atoms with Gasteiger partial charge in [0.15, 0.2) is 5.11 Å². The SMILES string of the molecule is Cc1ccc(NC(=S)NC(Cn2cccn2)C(C)(C)C)c(C)c1. The molecule has 0 saturated heterocycles. The van der Waals surface area contributed by atoms with Crippen LogP contribution in [0.3, 0.4) is 0 Å². The Bertz CT molecular complexity index is 656. The van der Waals surface area contributed by atoms with E-state index >= 15 is 0 Å². The Morgan fingerprint density at radius 2 is 2.04 bits per heavy atom. The number of aryl methyl sites for hydroxylation is 2. The first-order valence-electron chi connectivity index (χ1n) is 7.88. The van der Waals surface area contributed by atoms with Gasteiger partial charge in [0.25, 0.3) is 0 Å². The number of hydrogen-bond acceptors (Lipinski definition) is 2. The largest absolute Gasteiger partial charge is 0.357 e. The van der Waals surface area contributed by atoms with Crippen molar-refractivity contribution in [3.8, 4) is 0 Å². The van der Waals surface area contributed by atoms with Crippen LogP contribution in [0, 0.1) is 19.3 Å². The quantitative estimate of drug-likeness (QED) is 0.834. The molecule has 0 fully saturated rings. The maximum absolute atomic E-state index is 5.52. The Morgan fingerprint density at radius 1 is 1.30 bits per heavy atom. The average Bonchev–Trinajstić information content (AvgIpc) is 2.93. The van der Waals surface area contributed by atoms with E-state index in [0.29, 0.717) is 5.11 Å². The summed E-state index contributed by atoms with van der Waals surface area (Å²) in [5, 5.41) is 11.7. The van der Waals surface area contributed by atoms with Crippen molar-refractivity contribution >= 4 is 23.0 Å². The first kappa shape index (κ1) is 17.5. The summed E-state index contributed by atoms with van der Waals surface area (Å²) in [6.07, 6.45) is 3.77. The molecule has 0 aliphatic carbocycles. The van der Waals surface area contributed by atoms with Gasteiger partial charge in [-0.3, -0.25) is 4.68 Å². The summed E-state index contributed by atoms with van der Waals surface area (Å²) in [6.45, 7) is 11.6. The summed E-state index contributed by atoms with van der Waals surface area (Å²) in [5.41, 5.74) is 3.53. The number of benzene rings is 1. The van der Waals surface area contributed by atoms with Gasteiger partial charge >= 0.3 is 0 Å². The molecule has 124 valence electrons. The van der Waals surface area contributed by atoms with Gasteiger partial charge in [-0.2, -0.15) is 5.10 Å². The Kier molecular flexibility index (Phi) is 5.42. The van der Waals surface area contributed by atoms with Crippen LogP contribution in [0.2, 0.25) is 0 Å². The molecule has 2 rings (SSSR count). The molecule has 0 spiro atoms. The van der Waals surface area contributed by atoms with E-state index in [1.54, 1.807) is 6.20 Å². The van der Waals surface area contributed by atoms with Gasteiger partial charge in [-0.25, -0.2) is 0 Å². The van der Waals surface area contributed by atoms with Gasteiger partial charge in [-0.15, -0.1) is 0 Å². The molecule has 1 aromatic heterocycles. The van der Waals surface area contributed by atoms with Crippen molar-refractivity contribution in [3.63, 3.8) is 0 Å². The molecule has 0 radical (unpaired) electrons. The van der Waals surface area contributed by atoms with Gasteiger partial charge in [0, 0.05) is 18.1 Å². The molecule has 1 atom stereocenters. The first-order chi connectivity index (χ1) is 10.8. The second-order valence-corrected chi connectivity index (χ2v) is 7.47. The zero-order chi connectivity index (χ0) is 17.0. The van der Waals surface area contributed by atoms with Crippen LogP contribution < -0.4 is 10.6 Å². The minimum absolute atomic E-state index is 0.0556. The van der Waals surface area contributed by atoms with E-state index in [-0.39, 0.29) is 11.5 Å². The third-order valence-corrected chi connectivity index (χ3v) is 4.13. The van der Waals surface area contributed by atoms with E-state index in [1.165, 1.54) is 11.1 Å². The topological polar surface area (TPSA) is 41.9 Å². The van der Waals surface area contributed by atoms with Crippen molar-refractivity contribution in [2.45, 2.75) is 47.2 Å². The molecule has 0 aliphatic heterocycles. The number of nitrogens with one attached hydrogen (secondary N) is 2. The van der Waals surface area contributed by atoms with Crippen LogP contribution in [0.15, 0.2) is 36.7 Å². The molecule has 2 aromatic rings. The number of thiocarbonyl (C=S) groups is 1. The van der Waals surface area contributed by atoms with Gasteiger partial charge in [0.1, 0.15) is 0 Å². The molecule has 1 aromatic carbocycles. The zero-order valence-corrected chi connectivity index (χ0v) is 15.4. The number of hydrogen-bond donors (Lipinski definition) is 2. The maximum Gasteiger partial charge on any atom is 0.171 e. The summed E-state index contributed by atoms with van der Waals surface area (Å²) < 4.78 is 1.93. The van der Waals surface area contributed by atoms with Crippen molar-refractivity contribution in [1.82, 2.24) is 15.1 Å². The highest BCUT2D eigenvalue weighted by Gasteiger charge is 2.26. The molecule has 0 saturated carbocycles. The molecule has 23 heavy (non-hydrogen) atoms. The molecular formula is C18H26N4S. The van der Waals surface area contributed by atoms with Crippen LogP contribution in [-0.2, 0) is 6.54 Å². The van der Waals surface area contributed by atoms with Crippen LogP contribution in [0.4, 0.5) is 5.69 Å². The number of aromatic nitrogens is 2. The maximum atomic E-state index is 5.52. The fraction of sp³-hybridized carbons (Fsp3) is 0.444. The van der Waals surface area contributed by atoms with Crippen molar-refractivity contribution in [2.24, 2.45) is 5.41 Å². The van der Waals surface area contributed by atoms with Crippen molar-refractivity contribution < 1.29 is 0 Å². The average molecular weight is 331 g/mol. The lowest BCUT2D eigenvalue weighted by molar-refractivity contribution is 0.262. The minimum Gasteiger partial charge on any atom is -0.357 e. The zero-order valence-electron chi connectivity index (χ0n) is 14.6. The predicted octanol–water partition coefficient (Wildman–Crippen LogP) is 3.90. The molecule has 5 heteroatoms. The summed E-state index contributed by atoms with van der Waals surface area (Å²) in [4.78, 5) is 0. The van der Waals surface area contributed by atoms with E-state index < -0.39 is 0 Å². The number of anilines is 1. The van der Waals surface area contributed by atoms with Crippen LogP contribution >= 0.6 is 12.2 Å². The number of nitrogens with zero attached hydrogens (tertiary/aromatic N) is 2.